The predicted molar refractivity (Wildman–Crippen MR) is 82.1 cm³/mol. The summed E-state index contributed by atoms with van der Waals surface area (Å²) in [7, 11) is 0. The Morgan fingerprint density at radius 1 is 1.35 bits per heavy atom. The number of rotatable bonds is 5. The van der Waals surface area contributed by atoms with Gasteiger partial charge < -0.3 is 5.32 Å². The van der Waals surface area contributed by atoms with Crippen LogP contribution in [0.25, 0.3) is 0 Å². The van der Waals surface area contributed by atoms with Crippen LogP contribution in [0.5, 0.6) is 0 Å². The van der Waals surface area contributed by atoms with Crippen molar-refractivity contribution in [2.75, 3.05) is 25.0 Å². The Morgan fingerprint density at radius 2 is 2.05 bits per heavy atom. The molecule has 1 heterocycles. The van der Waals surface area contributed by atoms with Crippen molar-refractivity contribution >= 4 is 22.9 Å². The zero-order valence-corrected chi connectivity index (χ0v) is 13.0. The van der Waals surface area contributed by atoms with E-state index >= 15 is 0 Å². The van der Waals surface area contributed by atoms with E-state index in [2.05, 4.69) is 16.3 Å². The van der Waals surface area contributed by atoms with Gasteiger partial charge in [0.1, 0.15) is 10.9 Å². The summed E-state index contributed by atoms with van der Waals surface area (Å²) in [4.78, 5) is 16.1. The van der Waals surface area contributed by atoms with Gasteiger partial charge in [-0.25, -0.2) is 0 Å². The van der Waals surface area contributed by atoms with Gasteiger partial charge in [0.05, 0.1) is 12.2 Å². The third kappa shape index (κ3) is 3.20. The van der Waals surface area contributed by atoms with Gasteiger partial charge in [0, 0.05) is 4.88 Å². The van der Waals surface area contributed by atoms with Crippen molar-refractivity contribution in [3.63, 3.8) is 0 Å². The van der Waals surface area contributed by atoms with E-state index in [1.807, 2.05) is 13.8 Å². The van der Waals surface area contributed by atoms with Crippen LogP contribution in [0, 0.1) is 11.3 Å². The Kier molecular flexibility index (Phi) is 5.16. The third-order valence-corrected chi connectivity index (χ3v) is 5.00. The molecule has 5 heteroatoms. The van der Waals surface area contributed by atoms with Crippen LogP contribution in [0.4, 0.5) is 5.69 Å². The molecule has 0 spiro atoms. The summed E-state index contributed by atoms with van der Waals surface area (Å²) in [5, 5.41) is 12.2. The van der Waals surface area contributed by atoms with E-state index in [9.17, 15) is 10.1 Å². The van der Waals surface area contributed by atoms with E-state index in [4.69, 9.17) is 0 Å². The first-order chi connectivity index (χ1) is 9.69. The molecule has 2 rings (SSSR count). The molecule has 1 N–H and O–H groups in total. The maximum Gasteiger partial charge on any atom is 0.238 e. The average Bonchev–Trinajstić information content (AvgIpc) is 2.83. The van der Waals surface area contributed by atoms with Crippen LogP contribution >= 0.6 is 11.3 Å². The van der Waals surface area contributed by atoms with E-state index in [-0.39, 0.29) is 5.91 Å². The van der Waals surface area contributed by atoms with Crippen molar-refractivity contribution in [3.05, 3.63) is 15.3 Å². The Balaban J connectivity index is 2.14. The SMILES string of the molecule is CCN(CC)CC(=O)Nc1c(C#N)sc2c1CCCC2. The maximum atomic E-state index is 12.1. The molecule has 0 aromatic carbocycles. The Bertz CT molecular complexity index is 526. The zero-order chi connectivity index (χ0) is 14.5. The highest BCUT2D eigenvalue weighted by molar-refractivity contribution is 7.13. The number of aryl methyl sites for hydroxylation is 1. The standard InChI is InChI=1S/C15H21N3OS/c1-3-18(4-2)10-14(19)17-15-11-7-5-6-8-12(11)20-13(15)9-16/h3-8,10H2,1-2H3,(H,17,19). The molecular weight excluding hydrogens is 270 g/mol. The minimum Gasteiger partial charge on any atom is -0.323 e. The van der Waals surface area contributed by atoms with E-state index < -0.39 is 0 Å². The van der Waals surface area contributed by atoms with Crippen molar-refractivity contribution in [3.8, 4) is 6.07 Å². The molecule has 0 saturated heterocycles. The van der Waals surface area contributed by atoms with Gasteiger partial charge in [-0.05, 0) is 44.3 Å². The number of carbonyl (C=O) groups excluding carboxylic acids is 1. The molecule has 1 aliphatic carbocycles. The predicted octanol–water partition coefficient (Wildman–Crippen LogP) is 2.78. The van der Waals surface area contributed by atoms with Gasteiger partial charge in [0.2, 0.25) is 5.91 Å². The summed E-state index contributed by atoms with van der Waals surface area (Å²) >= 11 is 1.54. The lowest BCUT2D eigenvalue weighted by Crippen LogP contribution is -2.33. The largest absolute Gasteiger partial charge is 0.323 e. The number of nitriles is 1. The summed E-state index contributed by atoms with van der Waals surface area (Å²) in [6, 6.07) is 2.23. The number of likely N-dealkylation sites (N-methyl/N-ethyl adjacent to an activating group) is 1. The second-order valence-electron chi connectivity index (χ2n) is 5.04. The molecular formula is C15H21N3OS. The van der Waals surface area contributed by atoms with Crippen LogP contribution in [0.1, 0.15) is 42.0 Å². The molecule has 4 nitrogen and oxygen atoms in total. The first-order valence-electron chi connectivity index (χ1n) is 7.26. The van der Waals surface area contributed by atoms with Gasteiger partial charge in [-0.2, -0.15) is 5.26 Å². The number of carbonyl (C=O) groups is 1. The number of thiophene rings is 1. The summed E-state index contributed by atoms with van der Waals surface area (Å²) in [6.45, 7) is 6.20. The molecule has 1 amide bonds. The quantitative estimate of drug-likeness (QED) is 0.907. The fourth-order valence-electron chi connectivity index (χ4n) is 2.61. The molecule has 108 valence electrons. The fraction of sp³-hybridized carbons (Fsp3) is 0.600. The lowest BCUT2D eigenvalue weighted by Gasteiger charge is -2.18. The van der Waals surface area contributed by atoms with Crippen molar-refractivity contribution in [1.82, 2.24) is 4.90 Å². The molecule has 20 heavy (non-hydrogen) atoms. The normalized spacial score (nSPS) is 13.9. The number of anilines is 1. The van der Waals surface area contributed by atoms with Crippen molar-refractivity contribution in [2.24, 2.45) is 0 Å². The number of nitrogens with one attached hydrogen (secondary N) is 1. The Hall–Kier alpha value is -1.38. The van der Waals surface area contributed by atoms with Crippen LogP contribution < -0.4 is 5.32 Å². The Labute approximate surface area is 124 Å². The van der Waals surface area contributed by atoms with Gasteiger partial charge in [0.25, 0.3) is 0 Å². The second kappa shape index (κ2) is 6.87. The minimum atomic E-state index is -0.0172. The van der Waals surface area contributed by atoms with Crippen LogP contribution in [0.3, 0.4) is 0 Å². The number of nitrogens with zero attached hydrogens (tertiary/aromatic N) is 2. The van der Waals surface area contributed by atoms with Crippen molar-refractivity contribution in [1.29, 1.82) is 5.26 Å². The molecule has 0 saturated carbocycles. The van der Waals surface area contributed by atoms with Crippen molar-refractivity contribution in [2.45, 2.75) is 39.5 Å². The highest BCUT2D eigenvalue weighted by atomic mass is 32.1. The number of fused-ring (bicyclic) bond motifs is 1. The van der Waals surface area contributed by atoms with Crippen LogP contribution in [0.15, 0.2) is 0 Å². The van der Waals surface area contributed by atoms with Crippen LogP contribution in [0.2, 0.25) is 0 Å². The van der Waals surface area contributed by atoms with Gasteiger partial charge in [0.15, 0.2) is 0 Å². The Morgan fingerprint density at radius 3 is 2.70 bits per heavy atom. The average molecular weight is 291 g/mol. The summed E-state index contributed by atoms with van der Waals surface area (Å²) < 4.78 is 0. The van der Waals surface area contributed by atoms with Crippen LogP contribution in [-0.2, 0) is 17.6 Å². The summed E-state index contributed by atoms with van der Waals surface area (Å²) in [5.74, 6) is -0.0172. The number of hydrogen-bond donors (Lipinski definition) is 1. The van der Waals surface area contributed by atoms with Gasteiger partial charge in [-0.15, -0.1) is 11.3 Å². The molecule has 1 aromatic heterocycles. The van der Waals surface area contributed by atoms with E-state index in [1.165, 1.54) is 16.9 Å². The molecule has 0 radical (unpaired) electrons. The molecule has 1 aliphatic rings. The van der Waals surface area contributed by atoms with Gasteiger partial charge in [-0.3, -0.25) is 9.69 Å². The fourth-order valence-corrected chi connectivity index (χ4v) is 3.75. The highest BCUT2D eigenvalue weighted by Crippen LogP contribution is 2.37. The first-order valence-corrected chi connectivity index (χ1v) is 8.08. The molecule has 0 aliphatic heterocycles. The molecule has 0 fully saturated rings. The van der Waals surface area contributed by atoms with E-state index in [0.29, 0.717) is 11.4 Å². The maximum absolute atomic E-state index is 12.1. The van der Waals surface area contributed by atoms with E-state index in [1.54, 1.807) is 11.3 Å². The smallest absolute Gasteiger partial charge is 0.238 e. The van der Waals surface area contributed by atoms with Crippen LogP contribution in [-0.4, -0.2) is 30.4 Å². The summed E-state index contributed by atoms with van der Waals surface area (Å²) in [6.07, 6.45) is 4.35. The van der Waals surface area contributed by atoms with Gasteiger partial charge in [-0.1, -0.05) is 13.8 Å². The molecule has 1 aromatic rings. The second-order valence-corrected chi connectivity index (χ2v) is 6.14. The monoisotopic (exact) mass is 291 g/mol. The molecule has 0 atom stereocenters. The topological polar surface area (TPSA) is 56.1 Å². The first kappa shape index (κ1) is 15.0. The lowest BCUT2D eigenvalue weighted by atomic mass is 9.97. The highest BCUT2D eigenvalue weighted by Gasteiger charge is 2.22. The third-order valence-electron chi connectivity index (χ3n) is 3.80. The van der Waals surface area contributed by atoms with Gasteiger partial charge >= 0.3 is 0 Å². The number of hydrogen-bond acceptors (Lipinski definition) is 4. The lowest BCUT2D eigenvalue weighted by molar-refractivity contribution is -0.117. The summed E-state index contributed by atoms with van der Waals surface area (Å²) in [5.41, 5.74) is 1.98. The molecule has 0 unspecified atom stereocenters. The zero-order valence-electron chi connectivity index (χ0n) is 12.2. The molecule has 0 bridgehead atoms. The van der Waals surface area contributed by atoms with Crippen molar-refractivity contribution < 1.29 is 4.79 Å². The number of amides is 1. The van der Waals surface area contributed by atoms with E-state index in [0.717, 1.165) is 38.0 Å². The minimum absolute atomic E-state index is 0.0172.